The summed E-state index contributed by atoms with van der Waals surface area (Å²) in [6.45, 7) is 6.83. The first-order valence-corrected chi connectivity index (χ1v) is 5.62. The highest BCUT2D eigenvalue weighted by atomic mass is 16.3. The molecule has 0 heterocycles. The summed E-state index contributed by atoms with van der Waals surface area (Å²) in [6.07, 6.45) is 0.837. The largest absolute Gasteiger partial charge is 0.391 e. The average Bonchev–Trinajstić information content (AvgIpc) is 2.21. The normalized spacial score (nSPS) is 15.1. The molecule has 0 aliphatic carbocycles. The first kappa shape index (κ1) is 14.4. The fourth-order valence-electron chi connectivity index (χ4n) is 1.04. The van der Waals surface area contributed by atoms with Crippen molar-refractivity contribution in [1.82, 2.24) is 5.32 Å². The summed E-state index contributed by atoms with van der Waals surface area (Å²) in [5.74, 6) is 0.550. The number of amides is 1. The summed E-state index contributed by atoms with van der Waals surface area (Å²) in [5, 5.41) is 12.2. The van der Waals surface area contributed by atoms with Crippen LogP contribution in [-0.4, -0.2) is 30.2 Å². The number of nitrogens with two attached hydrogens (primary N) is 1. The molecule has 15 heavy (non-hydrogen) atoms. The number of rotatable bonds is 7. The number of aliphatic hydroxyl groups is 1. The molecule has 1 amide bonds. The van der Waals surface area contributed by atoms with E-state index in [0.29, 0.717) is 25.4 Å². The second kappa shape index (κ2) is 7.65. The molecule has 0 fully saturated rings. The molecule has 0 saturated carbocycles. The Morgan fingerprint density at radius 3 is 2.47 bits per heavy atom. The molecule has 2 atom stereocenters. The molecule has 0 radical (unpaired) electrons. The third-order valence-corrected chi connectivity index (χ3v) is 2.54. The number of aliphatic hydroxyl groups excluding tert-OH is 1. The van der Waals surface area contributed by atoms with Crippen LogP contribution in [0.3, 0.4) is 0 Å². The molecule has 0 saturated heterocycles. The van der Waals surface area contributed by atoms with Crippen molar-refractivity contribution in [2.45, 2.75) is 39.7 Å². The average molecular weight is 216 g/mol. The van der Waals surface area contributed by atoms with E-state index < -0.39 is 6.10 Å². The fraction of sp³-hybridized carbons (Fsp3) is 0.909. The molecule has 0 aromatic carbocycles. The predicted molar refractivity (Wildman–Crippen MR) is 61.3 cm³/mol. The van der Waals surface area contributed by atoms with Crippen molar-refractivity contribution in [3.05, 3.63) is 0 Å². The maximum atomic E-state index is 11.3. The molecule has 4 N–H and O–H groups in total. The lowest BCUT2D eigenvalue weighted by Gasteiger charge is -2.15. The van der Waals surface area contributed by atoms with Gasteiger partial charge in [-0.25, -0.2) is 0 Å². The van der Waals surface area contributed by atoms with Crippen LogP contribution in [0, 0.1) is 11.8 Å². The molecule has 4 heteroatoms. The molecule has 0 aliphatic rings. The zero-order chi connectivity index (χ0) is 11.8. The van der Waals surface area contributed by atoms with Crippen LogP contribution in [0.5, 0.6) is 0 Å². The van der Waals surface area contributed by atoms with Crippen LogP contribution in [0.15, 0.2) is 0 Å². The van der Waals surface area contributed by atoms with Gasteiger partial charge in [0.1, 0.15) is 0 Å². The molecule has 4 nitrogen and oxygen atoms in total. The van der Waals surface area contributed by atoms with Gasteiger partial charge in [0.25, 0.3) is 0 Å². The summed E-state index contributed by atoms with van der Waals surface area (Å²) >= 11 is 0. The highest BCUT2D eigenvalue weighted by molar-refractivity contribution is 5.75. The molecule has 0 spiro atoms. The van der Waals surface area contributed by atoms with Crippen molar-refractivity contribution in [1.29, 1.82) is 0 Å². The second-order valence-corrected chi connectivity index (χ2v) is 4.49. The molecule has 0 aromatic heterocycles. The summed E-state index contributed by atoms with van der Waals surface area (Å²) in [5.41, 5.74) is 5.45. The van der Waals surface area contributed by atoms with Gasteiger partial charge in [-0.15, -0.1) is 0 Å². The first-order valence-electron chi connectivity index (χ1n) is 5.62. The monoisotopic (exact) mass is 216 g/mol. The Morgan fingerprint density at radius 1 is 1.40 bits per heavy atom. The number of hydrogen-bond acceptors (Lipinski definition) is 3. The van der Waals surface area contributed by atoms with E-state index in [0.717, 1.165) is 6.42 Å². The van der Waals surface area contributed by atoms with Gasteiger partial charge in [-0.2, -0.15) is 0 Å². The molecule has 0 bridgehead atoms. The zero-order valence-corrected chi connectivity index (χ0v) is 9.99. The Kier molecular flexibility index (Phi) is 7.34. The smallest absolute Gasteiger partial charge is 0.220 e. The molecule has 0 aliphatic heterocycles. The summed E-state index contributed by atoms with van der Waals surface area (Å²) in [6, 6.07) is 0. The fourth-order valence-corrected chi connectivity index (χ4v) is 1.04. The van der Waals surface area contributed by atoms with E-state index in [1.165, 1.54) is 0 Å². The quantitative estimate of drug-likeness (QED) is 0.580. The summed E-state index contributed by atoms with van der Waals surface area (Å²) in [4.78, 5) is 11.3. The zero-order valence-electron chi connectivity index (χ0n) is 9.99. The van der Waals surface area contributed by atoms with Gasteiger partial charge in [-0.05, 0) is 24.8 Å². The highest BCUT2D eigenvalue weighted by Crippen LogP contribution is 2.03. The van der Waals surface area contributed by atoms with Gasteiger partial charge in [0.2, 0.25) is 5.91 Å². The number of nitrogens with one attached hydrogen (secondary N) is 1. The Labute approximate surface area is 92.2 Å². The van der Waals surface area contributed by atoms with Crippen LogP contribution in [-0.2, 0) is 4.79 Å². The maximum absolute atomic E-state index is 11.3. The lowest BCUT2D eigenvalue weighted by Crippen LogP contribution is -2.34. The minimum atomic E-state index is -0.458. The van der Waals surface area contributed by atoms with E-state index in [1.54, 1.807) is 0 Å². The standard InChI is InChI=1S/C11H24N2O2/c1-8(2)10(14)7-13-11(15)5-4-9(3)6-12/h8-10,14H,4-7,12H2,1-3H3,(H,13,15). The molecule has 90 valence electrons. The van der Waals surface area contributed by atoms with Crippen LogP contribution in [0.1, 0.15) is 33.6 Å². The van der Waals surface area contributed by atoms with Crippen molar-refractivity contribution in [3.63, 3.8) is 0 Å². The Balaban J connectivity index is 3.58. The molecule has 0 aromatic rings. The Morgan fingerprint density at radius 2 is 2.00 bits per heavy atom. The van der Waals surface area contributed by atoms with Crippen LogP contribution in [0.25, 0.3) is 0 Å². The minimum absolute atomic E-state index is 0.00463. The van der Waals surface area contributed by atoms with Crippen LogP contribution >= 0.6 is 0 Å². The second-order valence-electron chi connectivity index (χ2n) is 4.49. The molecular formula is C11H24N2O2. The van der Waals surface area contributed by atoms with Crippen molar-refractivity contribution in [2.75, 3.05) is 13.1 Å². The van der Waals surface area contributed by atoms with Crippen LogP contribution in [0.2, 0.25) is 0 Å². The van der Waals surface area contributed by atoms with E-state index in [2.05, 4.69) is 5.32 Å². The lowest BCUT2D eigenvalue weighted by atomic mass is 10.1. The van der Waals surface area contributed by atoms with Gasteiger partial charge in [0.15, 0.2) is 0 Å². The summed E-state index contributed by atoms with van der Waals surface area (Å²) < 4.78 is 0. The highest BCUT2D eigenvalue weighted by Gasteiger charge is 2.11. The third-order valence-electron chi connectivity index (χ3n) is 2.54. The van der Waals surface area contributed by atoms with Gasteiger partial charge >= 0.3 is 0 Å². The van der Waals surface area contributed by atoms with Gasteiger partial charge in [-0.1, -0.05) is 20.8 Å². The van der Waals surface area contributed by atoms with Gasteiger partial charge in [0.05, 0.1) is 6.10 Å². The summed E-state index contributed by atoms with van der Waals surface area (Å²) in [7, 11) is 0. The number of hydrogen-bond donors (Lipinski definition) is 3. The van der Waals surface area contributed by atoms with E-state index in [9.17, 15) is 9.90 Å². The number of carbonyl (C=O) groups excluding carboxylic acids is 1. The topological polar surface area (TPSA) is 75.4 Å². The van der Waals surface area contributed by atoms with Crippen molar-refractivity contribution >= 4 is 5.91 Å². The SMILES string of the molecule is CC(CN)CCC(=O)NCC(O)C(C)C. The van der Waals surface area contributed by atoms with Crippen molar-refractivity contribution in [2.24, 2.45) is 17.6 Å². The van der Waals surface area contributed by atoms with Crippen molar-refractivity contribution in [3.8, 4) is 0 Å². The molecule has 0 rings (SSSR count). The number of carbonyl (C=O) groups is 1. The van der Waals surface area contributed by atoms with E-state index >= 15 is 0 Å². The van der Waals surface area contributed by atoms with Crippen LogP contribution < -0.4 is 11.1 Å². The van der Waals surface area contributed by atoms with Gasteiger partial charge in [-0.3, -0.25) is 4.79 Å². The first-order chi connectivity index (χ1) is 6.97. The third kappa shape index (κ3) is 7.33. The van der Waals surface area contributed by atoms with E-state index in [4.69, 9.17) is 5.73 Å². The Hall–Kier alpha value is -0.610. The van der Waals surface area contributed by atoms with E-state index in [1.807, 2.05) is 20.8 Å². The van der Waals surface area contributed by atoms with E-state index in [-0.39, 0.29) is 11.8 Å². The minimum Gasteiger partial charge on any atom is -0.391 e. The lowest BCUT2D eigenvalue weighted by molar-refractivity contribution is -0.121. The van der Waals surface area contributed by atoms with Crippen molar-refractivity contribution < 1.29 is 9.90 Å². The molecular weight excluding hydrogens is 192 g/mol. The van der Waals surface area contributed by atoms with Gasteiger partial charge < -0.3 is 16.2 Å². The molecule has 2 unspecified atom stereocenters. The Bertz CT molecular complexity index is 183. The maximum Gasteiger partial charge on any atom is 0.220 e. The predicted octanol–water partition coefficient (Wildman–Crippen LogP) is 0.495. The van der Waals surface area contributed by atoms with Gasteiger partial charge in [0, 0.05) is 13.0 Å². The van der Waals surface area contributed by atoms with Crippen LogP contribution in [0.4, 0.5) is 0 Å².